The number of likely N-dealkylation sites (tertiary alicyclic amines) is 1. The molecule has 2 aromatic carbocycles. The molecule has 0 aliphatic carbocycles. The van der Waals surface area contributed by atoms with Crippen molar-refractivity contribution in [3.05, 3.63) is 71.8 Å². The summed E-state index contributed by atoms with van der Waals surface area (Å²) in [6.07, 6.45) is 1.75. The van der Waals surface area contributed by atoms with E-state index in [1.165, 1.54) is 5.56 Å². The fraction of sp³-hybridized carbons (Fsp3) is 0.533. The summed E-state index contributed by atoms with van der Waals surface area (Å²) in [5.74, 6) is -0.0646. The number of hydrogen-bond acceptors (Lipinski definition) is 6. The number of rotatable bonds is 10. The van der Waals surface area contributed by atoms with Gasteiger partial charge >= 0.3 is 12.1 Å². The Morgan fingerprint density at radius 1 is 1.05 bits per heavy atom. The number of carbonyl (C=O) groups is 2. The molecule has 1 amide bonds. The second-order valence-electron chi connectivity index (χ2n) is 10.9. The Morgan fingerprint density at radius 3 is 2.19 bits per heavy atom. The van der Waals surface area contributed by atoms with E-state index in [9.17, 15) is 9.59 Å². The molecule has 1 aliphatic rings. The van der Waals surface area contributed by atoms with E-state index in [0.29, 0.717) is 19.5 Å². The summed E-state index contributed by atoms with van der Waals surface area (Å²) < 4.78 is 11.4. The number of carbonyl (C=O) groups excluding carboxylic acids is 2. The Morgan fingerprint density at radius 2 is 1.65 bits per heavy atom. The van der Waals surface area contributed by atoms with Crippen LogP contribution in [0.25, 0.3) is 0 Å². The minimum atomic E-state index is -0.603. The van der Waals surface area contributed by atoms with Crippen LogP contribution in [0.15, 0.2) is 60.7 Å². The summed E-state index contributed by atoms with van der Waals surface area (Å²) in [5.41, 5.74) is 7.76. The van der Waals surface area contributed by atoms with E-state index in [1.54, 1.807) is 11.9 Å². The highest BCUT2D eigenvalue weighted by molar-refractivity contribution is 5.77. The summed E-state index contributed by atoms with van der Waals surface area (Å²) in [6, 6.07) is 19.3. The molecule has 1 aliphatic heterocycles. The van der Waals surface area contributed by atoms with Gasteiger partial charge in [-0.3, -0.25) is 9.69 Å². The van der Waals surface area contributed by atoms with Crippen molar-refractivity contribution in [3.63, 3.8) is 0 Å². The van der Waals surface area contributed by atoms with Crippen molar-refractivity contribution in [2.75, 3.05) is 20.1 Å². The van der Waals surface area contributed by atoms with Crippen LogP contribution in [0.2, 0.25) is 0 Å². The summed E-state index contributed by atoms with van der Waals surface area (Å²) in [7, 11) is 1.75. The van der Waals surface area contributed by atoms with Gasteiger partial charge in [-0.15, -0.1) is 0 Å². The monoisotopic (exact) mass is 509 g/mol. The standard InChI is InChI=1S/C30H43N3O4/c1-6-24(19-31)26(17-22-13-9-7-10-14-22)33-20-25(18-27(33)28(34)37-30(2,3)4)32(5)29(35)36-21-23-15-11-8-12-16-23/h7-16,24-27H,6,17-21,31H2,1-5H3. The molecular weight excluding hydrogens is 466 g/mol. The Hall–Kier alpha value is -2.90. The summed E-state index contributed by atoms with van der Waals surface area (Å²) >= 11 is 0. The number of esters is 1. The molecule has 0 spiro atoms. The van der Waals surface area contributed by atoms with Crippen molar-refractivity contribution >= 4 is 12.1 Å². The molecule has 0 radical (unpaired) electrons. The van der Waals surface area contributed by atoms with Crippen LogP contribution in [0.3, 0.4) is 0 Å². The predicted octanol–water partition coefficient (Wildman–Crippen LogP) is 4.64. The Labute approximate surface area is 221 Å². The van der Waals surface area contributed by atoms with Crippen LogP contribution in [0.4, 0.5) is 4.79 Å². The number of amides is 1. The maximum atomic E-state index is 13.4. The van der Waals surface area contributed by atoms with Gasteiger partial charge in [-0.05, 0) is 57.2 Å². The Kier molecular flexibility index (Phi) is 10.1. The largest absolute Gasteiger partial charge is 0.459 e. The zero-order valence-corrected chi connectivity index (χ0v) is 22.9. The lowest BCUT2D eigenvalue weighted by molar-refractivity contribution is -0.161. The molecule has 4 unspecified atom stereocenters. The molecule has 4 atom stereocenters. The van der Waals surface area contributed by atoms with Crippen molar-refractivity contribution in [2.24, 2.45) is 11.7 Å². The van der Waals surface area contributed by atoms with Crippen LogP contribution in [0, 0.1) is 5.92 Å². The molecular formula is C30H43N3O4. The predicted molar refractivity (Wildman–Crippen MR) is 146 cm³/mol. The molecule has 0 saturated carbocycles. The Bertz CT molecular complexity index is 989. The highest BCUT2D eigenvalue weighted by Crippen LogP contribution is 2.31. The zero-order chi connectivity index (χ0) is 27.0. The molecule has 7 heteroatoms. The van der Waals surface area contributed by atoms with Crippen molar-refractivity contribution in [1.82, 2.24) is 9.80 Å². The summed E-state index contributed by atoms with van der Waals surface area (Å²) in [4.78, 5) is 30.3. The van der Waals surface area contributed by atoms with Gasteiger partial charge in [0.05, 0.1) is 0 Å². The van der Waals surface area contributed by atoms with Gasteiger partial charge in [0.25, 0.3) is 0 Å². The fourth-order valence-corrected chi connectivity index (χ4v) is 5.06. The Balaban J connectivity index is 1.83. The number of nitrogens with two attached hydrogens (primary N) is 1. The quantitative estimate of drug-likeness (QED) is 0.470. The van der Waals surface area contributed by atoms with Gasteiger partial charge in [0.15, 0.2) is 0 Å². The molecule has 0 aromatic heterocycles. The van der Waals surface area contributed by atoms with Crippen LogP contribution < -0.4 is 5.73 Å². The molecule has 37 heavy (non-hydrogen) atoms. The van der Waals surface area contributed by atoms with Gasteiger partial charge in [0.1, 0.15) is 18.2 Å². The minimum absolute atomic E-state index is 0.0358. The fourth-order valence-electron chi connectivity index (χ4n) is 5.06. The molecule has 202 valence electrons. The highest BCUT2D eigenvalue weighted by atomic mass is 16.6. The van der Waals surface area contributed by atoms with E-state index >= 15 is 0 Å². The van der Waals surface area contributed by atoms with Crippen LogP contribution in [0.1, 0.15) is 51.7 Å². The van der Waals surface area contributed by atoms with Crippen molar-refractivity contribution < 1.29 is 19.1 Å². The summed E-state index contributed by atoms with van der Waals surface area (Å²) in [5, 5.41) is 0. The average molecular weight is 510 g/mol. The average Bonchev–Trinajstić information content (AvgIpc) is 3.32. The third kappa shape index (κ3) is 8.04. The highest BCUT2D eigenvalue weighted by Gasteiger charge is 2.46. The van der Waals surface area contributed by atoms with Gasteiger partial charge in [-0.1, -0.05) is 74.0 Å². The molecule has 2 N–H and O–H groups in total. The first kappa shape index (κ1) is 28.7. The van der Waals surface area contributed by atoms with Gasteiger partial charge in [-0.2, -0.15) is 0 Å². The van der Waals surface area contributed by atoms with Gasteiger partial charge in [0, 0.05) is 25.7 Å². The lowest BCUT2D eigenvalue weighted by Crippen LogP contribution is -2.51. The molecule has 3 rings (SSSR count). The van der Waals surface area contributed by atoms with E-state index in [2.05, 4.69) is 24.0 Å². The van der Waals surface area contributed by atoms with Crippen molar-refractivity contribution in [1.29, 1.82) is 0 Å². The molecule has 0 bridgehead atoms. The van der Waals surface area contributed by atoms with E-state index in [0.717, 1.165) is 18.4 Å². The molecule has 1 saturated heterocycles. The maximum Gasteiger partial charge on any atom is 0.410 e. The first-order valence-electron chi connectivity index (χ1n) is 13.3. The third-order valence-corrected chi connectivity index (χ3v) is 7.12. The van der Waals surface area contributed by atoms with Gasteiger partial charge in [-0.25, -0.2) is 4.79 Å². The van der Waals surface area contributed by atoms with Crippen LogP contribution in [-0.4, -0.2) is 65.7 Å². The van der Waals surface area contributed by atoms with Gasteiger partial charge < -0.3 is 20.1 Å². The minimum Gasteiger partial charge on any atom is -0.459 e. The normalized spacial score (nSPS) is 19.7. The van der Waals surface area contributed by atoms with Crippen LogP contribution in [0.5, 0.6) is 0 Å². The smallest absolute Gasteiger partial charge is 0.410 e. The topological polar surface area (TPSA) is 85.1 Å². The molecule has 1 heterocycles. The molecule has 2 aromatic rings. The van der Waals surface area contributed by atoms with E-state index in [4.69, 9.17) is 15.2 Å². The van der Waals surface area contributed by atoms with Crippen molar-refractivity contribution in [3.8, 4) is 0 Å². The van der Waals surface area contributed by atoms with Gasteiger partial charge in [0.2, 0.25) is 0 Å². The van der Waals surface area contributed by atoms with Crippen LogP contribution in [-0.2, 0) is 27.3 Å². The van der Waals surface area contributed by atoms with E-state index in [1.807, 2.05) is 69.3 Å². The van der Waals surface area contributed by atoms with E-state index in [-0.39, 0.29) is 30.6 Å². The maximum absolute atomic E-state index is 13.4. The number of nitrogens with zero attached hydrogens (tertiary/aromatic N) is 2. The van der Waals surface area contributed by atoms with Crippen LogP contribution >= 0.6 is 0 Å². The number of benzene rings is 2. The molecule has 7 nitrogen and oxygen atoms in total. The summed E-state index contributed by atoms with van der Waals surface area (Å²) in [6.45, 7) is 9.05. The number of likely N-dealkylation sites (N-methyl/N-ethyl adjacent to an activating group) is 1. The first-order valence-corrected chi connectivity index (χ1v) is 13.3. The number of hydrogen-bond donors (Lipinski definition) is 1. The third-order valence-electron chi connectivity index (χ3n) is 7.12. The first-order chi connectivity index (χ1) is 17.6. The van der Waals surface area contributed by atoms with Crippen molar-refractivity contribution in [2.45, 2.75) is 77.3 Å². The zero-order valence-electron chi connectivity index (χ0n) is 22.9. The second-order valence-corrected chi connectivity index (χ2v) is 10.9. The second kappa shape index (κ2) is 13.1. The van der Waals surface area contributed by atoms with E-state index < -0.39 is 17.7 Å². The SMILES string of the molecule is CCC(CN)C(Cc1ccccc1)N1CC(N(C)C(=O)OCc2ccccc2)CC1C(=O)OC(C)(C)C. The molecule has 1 fully saturated rings. The lowest BCUT2D eigenvalue weighted by atomic mass is 9.89. The lowest BCUT2D eigenvalue weighted by Gasteiger charge is -2.38. The number of ether oxygens (including phenoxy) is 2.